The van der Waals surface area contributed by atoms with Crippen LogP contribution in [0.3, 0.4) is 0 Å². The lowest BCUT2D eigenvalue weighted by Gasteiger charge is -2.19. The van der Waals surface area contributed by atoms with Crippen LogP contribution < -0.4 is 10.2 Å². The van der Waals surface area contributed by atoms with Crippen LogP contribution in [0.4, 0.5) is 5.82 Å². The number of hydrogen-bond acceptors (Lipinski definition) is 4. The van der Waals surface area contributed by atoms with Crippen LogP contribution in [0, 0.1) is 6.92 Å². The first-order chi connectivity index (χ1) is 10.2. The van der Waals surface area contributed by atoms with Crippen LogP contribution in [-0.4, -0.2) is 23.1 Å². The third-order valence-corrected chi connectivity index (χ3v) is 3.86. The minimum atomic E-state index is 0.732. The first-order valence-corrected chi connectivity index (χ1v) is 7.53. The third kappa shape index (κ3) is 3.79. The molecule has 1 N–H and O–H groups in total. The third-order valence-electron chi connectivity index (χ3n) is 3.86. The number of anilines is 1. The van der Waals surface area contributed by atoms with E-state index in [-0.39, 0.29) is 0 Å². The molecule has 0 bridgehead atoms. The van der Waals surface area contributed by atoms with Gasteiger partial charge in [0.05, 0.1) is 12.2 Å². The van der Waals surface area contributed by atoms with Crippen LogP contribution in [0.1, 0.15) is 29.8 Å². The van der Waals surface area contributed by atoms with Crippen molar-refractivity contribution in [3.63, 3.8) is 0 Å². The SMILES string of the molecule is Cc1nc(N(C)Cc2ccccn2)ccc1CNC1CC1. The first kappa shape index (κ1) is 14.0. The van der Waals surface area contributed by atoms with Gasteiger partial charge in [-0.15, -0.1) is 0 Å². The molecule has 1 aliphatic carbocycles. The van der Waals surface area contributed by atoms with E-state index in [0.717, 1.165) is 36.3 Å². The van der Waals surface area contributed by atoms with Crippen molar-refractivity contribution in [2.24, 2.45) is 0 Å². The van der Waals surface area contributed by atoms with Gasteiger partial charge in [-0.05, 0) is 43.5 Å². The van der Waals surface area contributed by atoms with E-state index in [0.29, 0.717) is 0 Å². The van der Waals surface area contributed by atoms with E-state index in [1.54, 1.807) is 0 Å². The van der Waals surface area contributed by atoms with Crippen LogP contribution in [0.2, 0.25) is 0 Å². The van der Waals surface area contributed by atoms with Crippen molar-refractivity contribution in [1.29, 1.82) is 0 Å². The lowest BCUT2D eigenvalue weighted by Crippen LogP contribution is -2.20. The second-order valence-electron chi connectivity index (χ2n) is 5.75. The molecule has 0 aromatic carbocycles. The molecule has 4 heteroatoms. The van der Waals surface area contributed by atoms with Crippen molar-refractivity contribution in [2.75, 3.05) is 11.9 Å². The summed E-state index contributed by atoms with van der Waals surface area (Å²) in [6.45, 7) is 3.78. The predicted octanol–water partition coefficient (Wildman–Crippen LogP) is 2.67. The van der Waals surface area contributed by atoms with Crippen molar-refractivity contribution < 1.29 is 0 Å². The van der Waals surface area contributed by atoms with E-state index in [1.807, 2.05) is 24.4 Å². The smallest absolute Gasteiger partial charge is 0.128 e. The summed E-state index contributed by atoms with van der Waals surface area (Å²) in [5.41, 5.74) is 3.45. The van der Waals surface area contributed by atoms with Gasteiger partial charge >= 0.3 is 0 Å². The molecule has 0 amide bonds. The maximum absolute atomic E-state index is 4.73. The summed E-state index contributed by atoms with van der Waals surface area (Å²) in [7, 11) is 2.05. The monoisotopic (exact) mass is 282 g/mol. The molecular weight excluding hydrogens is 260 g/mol. The maximum Gasteiger partial charge on any atom is 0.128 e. The Morgan fingerprint density at radius 1 is 1.24 bits per heavy atom. The van der Waals surface area contributed by atoms with Gasteiger partial charge in [0.2, 0.25) is 0 Å². The Balaban J connectivity index is 1.65. The van der Waals surface area contributed by atoms with Crippen molar-refractivity contribution in [3.8, 4) is 0 Å². The molecule has 4 nitrogen and oxygen atoms in total. The lowest BCUT2D eigenvalue weighted by atomic mass is 10.2. The van der Waals surface area contributed by atoms with Gasteiger partial charge in [-0.3, -0.25) is 4.98 Å². The number of hydrogen-bond donors (Lipinski definition) is 1. The summed E-state index contributed by atoms with van der Waals surface area (Å²) in [6, 6.07) is 11.0. The molecule has 0 atom stereocenters. The number of aryl methyl sites for hydroxylation is 1. The number of pyridine rings is 2. The van der Waals surface area contributed by atoms with Gasteiger partial charge in [0.15, 0.2) is 0 Å². The predicted molar refractivity (Wildman–Crippen MR) is 85.2 cm³/mol. The fourth-order valence-electron chi connectivity index (χ4n) is 2.33. The van der Waals surface area contributed by atoms with E-state index >= 15 is 0 Å². The molecule has 2 aromatic rings. The normalized spacial score (nSPS) is 14.2. The molecule has 0 saturated heterocycles. The van der Waals surface area contributed by atoms with Crippen LogP contribution in [0.15, 0.2) is 36.5 Å². The Labute approximate surface area is 126 Å². The highest BCUT2D eigenvalue weighted by Crippen LogP contribution is 2.20. The van der Waals surface area contributed by atoms with Gasteiger partial charge < -0.3 is 10.2 Å². The minimum absolute atomic E-state index is 0.732. The van der Waals surface area contributed by atoms with Gasteiger partial charge in [-0.25, -0.2) is 4.98 Å². The lowest BCUT2D eigenvalue weighted by molar-refractivity contribution is 0.682. The minimum Gasteiger partial charge on any atom is -0.354 e. The number of nitrogens with zero attached hydrogens (tertiary/aromatic N) is 3. The average molecular weight is 282 g/mol. The van der Waals surface area contributed by atoms with E-state index in [2.05, 4.69) is 41.3 Å². The number of aromatic nitrogens is 2. The Hall–Kier alpha value is -1.94. The van der Waals surface area contributed by atoms with Crippen molar-refractivity contribution in [2.45, 2.75) is 38.9 Å². The summed E-state index contributed by atoms with van der Waals surface area (Å²) in [4.78, 5) is 11.2. The zero-order valence-corrected chi connectivity index (χ0v) is 12.7. The average Bonchev–Trinajstić information content (AvgIpc) is 3.31. The van der Waals surface area contributed by atoms with E-state index in [1.165, 1.54) is 18.4 Å². The molecule has 2 heterocycles. The van der Waals surface area contributed by atoms with Gasteiger partial charge in [0, 0.05) is 31.5 Å². The van der Waals surface area contributed by atoms with Gasteiger partial charge in [-0.1, -0.05) is 12.1 Å². The van der Waals surface area contributed by atoms with Crippen molar-refractivity contribution in [3.05, 3.63) is 53.5 Å². The quantitative estimate of drug-likeness (QED) is 0.884. The number of rotatable bonds is 6. The summed E-state index contributed by atoms with van der Waals surface area (Å²) >= 11 is 0. The molecule has 1 aliphatic rings. The Morgan fingerprint density at radius 2 is 2.10 bits per heavy atom. The van der Waals surface area contributed by atoms with Crippen molar-refractivity contribution in [1.82, 2.24) is 15.3 Å². The Kier molecular flexibility index (Phi) is 4.15. The summed E-state index contributed by atoms with van der Waals surface area (Å²) in [5.74, 6) is 0.994. The highest BCUT2D eigenvalue weighted by Gasteiger charge is 2.20. The maximum atomic E-state index is 4.73. The molecule has 0 aliphatic heterocycles. The van der Waals surface area contributed by atoms with Gasteiger partial charge in [-0.2, -0.15) is 0 Å². The summed E-state index contributed by atoms with van der Waals surface area (Å²) < 4.78 is 0. The molecular formula is C17H22N4. The highest BCUT2D eigenvalue weighted by atomic mass is 15.2. The second kappa shape index (κ2) is 6.22. The highest BCUT2D eigenvalue weighted by molar-refractivity contribution is 5.41. The molecule has 21 heavy (non-hydrogen) atoms. The molecule has 1 fully saturated rings. The first-order valence-electron chi connectivity index (χ1n) is 7.53. The molecule has 0 unspecified atom stereocenters. The van der Waals surface area contributed by atoms with Gasteiger partial charge in [0.1, 0.15) is 5.82 Å². The molecule has 0 radical (unpaired) electrons. The fourth-order valence-corrected chi connectivity index (χ4v) is 2.33. The van der Waals surface area contributed by atoms with Crippen LogP contribution in [0.25, 0.3) is 0 Å². The zero-order chi connectivity index (χ0) is 14.7. The van der Waals surface area contributed by atoms with E-state index < -0.39 is 0 Å². The van der Waals surface area contributed by atoms with E-state index in [9.17, 15) is 0 Å². The topological polar surface area (TPSA) is 41.1 Å². The van der Waals surface area contributed by atoms with Crippen molar-refractivity contribution >= 4 is 5.82 Å². The zero-order valence-electron chi connectivity index (χ0n) is 12.7. The standard InChI is InChI=1S/C17H22N4/c1-13-14(11-19-15-7-8-15)6-9-17(20-13)21(2)12-16-5-3-4-10-18-16/h3-6,9-10,15,19H,7-8,11-12H2,1-2H3. The van der Waals surface area contributed by atoms with Crippen LogP contribution in [0.5, 0.6) is 0 Å². The number of nitrogens with one attached hydrogen (secondary N) is 1. The summed E-state index contributed by atoms with van der Waals surface area (Å²) in [5, 5.41) is 3.54. The molecule has 2 aromatic heterocycles. The molecule has 0 spiro atoms. The summed E-state index contributed by atoms with van der Waals surface area (Å²) in [6.07, 6.45) is 4.46. The Morgan fingerprint density at radius 3 is 2.76 bits per heavy atom. The molecule has 1 saturated carbocycles. The van der Waals surface area contributed by atoms with E-state index in [4.69, 9.17) is 4.98 Å². The fraction of sp³-hybridized carbons (Fsp3) is 0.412. The molecule has 110 valence electrons. The van der Waals surface area contributed by atoms with Crippen LogP contribution in [-0.2, 0) is 13.1 Å². The van der Waals surface area contributed by atoms with Gasteiger partial charge in [0.25, 0.3) is 0 Å². The second-order valence-corrected chi connectivity index (χ2v) is 5.75. The largest absolute Gasteiger partial charge is 0.354 e. The Bertz CT molecular complexity index is 593. The van der Waals surface area contributed by atoms with Crippen LogP contribution >= 0.6 is 0 Å². The molecule has 3 rings (SSSR count).